The molecule has 1 aliphatic heterocycles. The smallest absolute Gasteiger partial charge is 0.326 e. The van der Waals surface area contributed by atoms with Gasteiger partial charge in [0.25, 0.3) is 5.69 Å². The Kier molecular flexibility index (Phi) is 5.47. The van der Waals surface area contributed by atoms with Crippen molar-refractivity contribution in [2.24, 2.45) is 23.7 Å². The highest BCUT2D eigenvalue weighted by atomic mass is 16.6. The van der Waals surface area contributed by atoms with Crippen molar-refractivity contribution < 1.29 is 28.8 Å². The third-order valence-corrected chi connectivity index (χ3v) is 7.36. The Bertz CT molecular complexity index is 1190. The summed E-state index contributed by atoms with van der Waals surface area (Å²) in [6.45, 7) is -1.17. The molecule has 5 rings (SSSR count). The molecule has 1 heterocycles. The number of rotatable bonds is 7. The second-order valence-corrected chi connectivity index (χ2v) is 9.12. The van der Waals surface area contributed by atoms with E-state index in [4.69, 9.17) is 4.74 Å². The van der Waals surface area contributed by atoms with E-state index >= 15 is 0 Å². The lowest BCUT2D eigenvalue weighted by Gasteiger charge is -2.28. The number of hydrogen-bond acceptors (Lipinski definition) is 7. The molecule has 9 heteroatoms. The van der Waals surface area contributed by atoms with Crippen LogP contribution in [0.2, 0.25) is 0 Å². The minimum Gasteiger partial charge on any atom is -0.456 e. The largest absolute Gasteiger partial charge is 0.456 e. The zero-order valence-corrected chi connectivity index (χ0v) is 18.2. The van der Waals surface area contributed by atoms with Gasteiger partial charge in [-0.05, 0) is 36.2 Å². The number of amides is 2. The van der Waals surface area contributed by atoms with Crippen molar-refractivity contribution in [1.82, 2.24) is 4.90 Å². The number of nitro groups is 1. The van der Waals surface area contributed by atoms with Crippen LogP contribution in [0.1, 0.15) is 34.7 Å². The molecule has 174 valence electrons. The van der Waals surface area contributed by atoms with Crippen LogP contribution < -0.4 is 0 Å². The second kappa shape index (κ2) is 8.48. The summed E-state index contributed by atoms with van der Waals surface area (Å²) in [6.07, 6.45) is 1.69. The fraction of sp³-hybridized carbons (Fsp3) is 0.360. The van der Waals surface area contributed by atoms with Crippen LogP contribution >= 0.6 is 0 Å². The van der Waals surface area contributed by atoms with Gasteiger partial charge in [-0.2, -0.15) is 0 Å². The first-order valence-corrected chi connectivity index (χ1v) is 11.2. The lowest BCUT2D eigenvalue weighted by atomic mass is 9.73. The van der Waals surface area contributed by atoms with E-state index in [1.54, 1.807) is 0 Å². The van der Waals surface area contributed by atoms with Gasteiger partial charge in [0.1, 0.15) is 6.54 Å². The molecule has 0 aromatic heterocycles. The quantitative estimate of drug-likeness (QED) is 0.204. The number of ether oxygens (including phenoxy) is 1. The van der Waals surface area contributed by atoms with Crippen LogP contribution in [0, 0.1) is 33.8 Å². The average molecular weight is 462 g/mol. The summed E-state index contributed by atoms with van der Waals surface area (Å²) in [5.41, 5.74) is 0.958. The highest BCUT2D eigenvalue weighted by molar-refractivity contribution is 6.08. The van der Waals surface area contributed by atoms with Gasteiger partial charge in [-0.15, -0.1) is 0 Å². The Labute approximate surface area is 194 Å². The van der Waals surface area contributed by atoms with E-state index in [1.165, 1.54) is 23.8 Å². The number of hydrogen-bond donors (Lipinski definition) is 0. The summed E-state index contributed by atoms with van der Waals surface area (Å²) in [4.78, 5) is 62.0. The van der Waals surface area contributed by atoms with Crippen molar-refractivity contribution in [1.29, 1.82) is 0 Å². The highest BCUT2D eigenvalue weighted by Crippen LogP contribution is 2.61. The van der Waals surface area contributed by atoms with Crippen LogP contribution in [-0.2, 0) is 19.1 Å². The molecule has 9 nitrogen and oxygen atoms in total. The highest BCUT2D eigenvalue weighted by Gasteiger charge is 2.64. The number of nitrogens with zero attached hydrogens (tertiary/aromatic N) is 2. The van der Waals surface area contributed by atoms with Gasteiger partial charge in [0, 0.05) is 17.7 Å². The standard InChI is InChI=1S/C25H22N2O7/c28-20(15-7-4-8-17(9-15)27(32)33)13-34-21(29)12-26-24(30)22-16-10-18(14-5-2-1-3-6-14)19(11-16)23(22)25(26)31/h1-9,16,18-19,22-23H,10-13H2. The van der Waals surface area contributed by atoms with Crippen LogP contribution in [0.25, 0.3) is 0 Å². The number of nitro benzene ring substituents is 1. The monoisotopic (exact) mass is 462 g/mol. The van der Waals surface area contributed by atoms with Gasteiger partial charge < -0.3 is 4.74 Å². The molecule has 2 bridgehead atoms. The van der Waals surface area contributed by atoms with E-state index < -0.39 is 41.7 Å². The van der Waals surface area contributed by atoms with Gasteiger partial charge >= 0.3 is 5.97 Å². The van der Waals surface area contributed by atoms with E-state index in [2.05, 4.69) is 12.1 Å². The summed E-state index contributed by atoms with van der Waals surface area (Å²) in [5.74, 6) is -2.56. The fourth-order valence-electron chi connectivity index (χ4n) is 5.96. The molecule has 2 amide bonds. The first kappa shape index (κ1) is 21.9. The summed E-state index contributed by atoms with van der Waals surface area (Å²) in [5, 5.41) is 10.9. The lowest BCUT2D eigenvalue weighted by Crippen LogP contribution is -2.38. The van der Waals surface area contributed by atoms with Crippen molar-refractivity contribution in [2.75, 3.05) is 13.2 Å². The number of benzene rings is 2. The van der Waals surface area contributed by atoms with Crippen LogP contribution in [-0.4, -0.2) is 46.5 Å². The first-order valence-electron chi connectivity index (χ1n) is 11.2. The predicted molar refractivity (Wildman–Crippen MR) is 117 cm³/mol. The van der Waals surface area contributed by atoms with E-state index in [9.17, 15) is 29.3 Å². The van der Waals surface area contributed by atoms with Crippen molar-refractivity contribution >= 4 is 29.3 Å². The molecule has 0 spiro atoms. The van der Waals surface area contributed by atoms with Crippen LogP contribution in [0.5, 0.6) is 0 Å². The van der Waals surface area contributed by atoms with Gasteiger partial charge in [-0.3, -0.25) is 34.2 Å². The molecule has 3 aliphatic rings. The third-order valence-electron chi connectivity index (χ3n) is 7.36. The molecule has 5 unspecified atom stereocenters. The zero-order chi connectivity index (χ0) is 24.0. The predicted octanol–water partition coefficient (Wildman–Crippen LogP) is 2.75. The molecule has 2 aromatic carbocycles. The van der Waals surface area contributed by atoms with E-state index in [0.717, 1.165) is 23.8 Å². The lowest BCUT2D eigenvalue weighted by molar-refractivity contribution is -0.384. The molecule has 34 heavy (non-hydrogen) atoms. The maximum atomic E-state index is 13.1. The average Bonchev–Trinajstić information content (AvgIpc) is 3.51. The summed E-state index contributed by atoms with van der Waals surface area (Å²) < 4.78 is 4.99. The molecule has 1 saturated heterocycles. The maximum Gasteiger partial charge on any atom is 0.326 e. The summed E-state index contributed by atoms with van der Waals surface area (Å²) in [6, 6.07) is 15.1. The van der Waals surface area contributed by atoms with Crippen molar-refractivity contribution in [3.8, 4) is 0 Å². The van der Waals surface area contributed by atoms with Gasteiger partial charge in [-0.1, -0.05) is 42.5 Å². The number of esters is 1. The Hall–Kier alpha value is -3.88. The topological polar surface area (TPSA) is 124 Å². The molecule has 2 aromatic rings. The molecule has 0 N–H and O–H groups in total. The van der Waals surface area contributed by atoms with Gasteiger partial charge in [0.05, 0.1) is 16.8 Å². The normalized spacial score (nSPS) is 27.1. The first-order chi connectivity index (χ1) is 16.3. The van der Waals surface area contributed by atoms with E-state index in [1.807, 2.05) is 18.2 Å². The third kappa shape index (κ3) is 3.67. The van der Waals surface area contributed by atoms with E-state index in [-0.39, 0.29) is 40.8 Å². The number of carbonyl (C=O) groups is 4. The van der Waals surface area contributed by atoms with Crippen LogP contribution in [0.3, 0.4) is 0 Å². The number of imide groups is 1. The van der Waals surface area contributed by atoms with Gasteiger partial charge in [0.15, 0.2) is 6.61 Å². The minimum absolute atomic E-state index is 0.0355. The molecule has 5 atom stereocenters. The summed E-state index contributed by atoms with van der Waals surface area (Å²) in [7, 11) is 0. The van der Waals surface area contributed by atoms with Crippen LogP contribution in [0.4, 0.5) is 5.69 Å². The Morgan fingerprint density at radius 1 is 1.00 bits per heavy atom. The Morgan fingerprint density at radius 3 is 2.47 bits per heavy atom. The van der Waals surface area contributed by atoms with Crippen molar-refractivity contribution in [3.63, 3.8) is 0 Å². The molecular weight excluding hydrogens is 440 g/mol. The number of Topliss-reactive ketones (excluding diaryl/α,β-unsaturated/α-hetero) is 1. The molecular formula is C25H22N2O7. The molecule has 3 fully saturated rings. The van der Waals surface area contributed by atoms with Gasteiger partial charge in [0.2, 0.25) is 17.6 Å². The number of ketones is 1. The maximum absolute atomic E-state index is 13.1. The zero-order valence-electron chi connectivity index (χ0n) is 18.2. The van der Waals surface area contributed by atoms with Crippen molar-refractivity contribution in [3.05, 3.63) is 75.8 Å². The van der Waals surface area contributed by atoms with E-state index in [0.29, 0.717) is 0 Å². The van der Waals surface area contributed by atoms with Crippen molar-refractivity contribution in [2.45, 2.75) is 18.8 Å². The SMILES string of the molecule is O=C(CN1C(=O)C2C3CC(c4ccccc4)C(C3)C2C1=O)OCC(=O)c1cccc([N+](=O)[O-])c1. The number of non-ortho nitro benzene ring substituents is 1. The van der Waals surface area contributed by atoms with Crippen LogP contribution in [0.15, 0.2) is 54.6 Å². The van der Waals surface area contributed by atoms with Gasteiger partial charge in [-0.25, -0.2) is 0 Å². The summed E-state index contributed by atoms with van der Waals surface area (Å²) >= 11 is 0. The molecule has 0 radical (unpaired) electrons. The Balaban J connectivity index is 1.21. The number of carbonyl (C=O) groups excluding carboxylic acids is 4. The Morgan fingerprint density at radius 2 is 1.74 bits per heavy atom. The fourth-order valence-corrected chi connectivity index (χ4v) is 5.96. The number of likely N-dealkylation sites (tertiary alicyclic amines) is 1. The molecule has 2 saturated carbocycles. The number of fused-ring (bicyclic) bond motifs is 5. The molecule has 2 aliphatic carbocycles. The minimum atomic E-state index is -0.868. The second-order valence-electron chi connectivity index (χ2n) is 9.12.